The zero-order chi connectivity index (χ0) is 63.1. The van der Waals surface area contributed by atoms with E-state index >= 15 is 0 Å². The second-order valence-corrected chi connectivity index (χ2v) is 22.2. The van der Waals surface area contributed by atoms with E-state index in [4.69, 9.17) is 17.2 Å². The number of nitrogens with two attached hydrogens (primary N) is 3. The highest BCUT2D eigenvalue weighted by Gasteiger charge is 2.35. The predicted molar refractivity (Wildman–Crippen MR) is 314 cm³/mol. The molecule has 0 aromatic heterocycles. The van der Waals surface area contributed by atoms with E-state index in [0.29, 0.717) is 37.8 Å². The van der Waals surface area contributed by atoms with Crippen LogP contribution in [0.3, 0.4) is 0 Å². The molecule has 10 atom stereocenters. The largest absolute Gasteiger partial charge is 0.480 e. The van der Waals surface area contributed by atoms with Crippen molar-refractivity contribution in [1.29, 1.82) is 0 Å². The molecule has 2 rings (SSSR count). The summed E-state index contributed by atoms with van der Waals surface area (Å²) < 4.78 is 0. The molecule has 468 valence electrons. The fourth-order valence-electron chi connectivity index (χ4n) is 8.63. The average Bonchev–Trinajstić information content (AvgIpc) is 3.51. The number of amides is 10. The van der Waals surface area contributed by atoms with Crippen LogP contribution in [0.5, 0.6) is 0 Å². The number of hydrogen-bond acceptors (Lipinski definition) is 15. The molecule has 0 bridgehead atoms. The van der Waals surface area contributed by atoms with Crippen molar-refractivity contribution >= 4 is 65.0 Å². The van der Waals surface area contributed by atoms with E-state index in [1.807, 2.05) is 58.0 Å². The summed E-state index contributed by atoms with van der Waals surface area (Å²) >= 11 is 0. The highest BCUT2D eigenvalue weighted by molar-refractivity contribution is 5.98. The van der Waals surface area contributed by atoms with Crippen LogP contribution in [0.15, 0.2) is 60.7 Å². The molecule has 18 N–H and O–H groups in total. The summed E-state index contributed by atoms with van der Waals surface area (Å²) in [6.07, 6.45) is 2.33. The maximum atomic E-state index is 14.4. The van der Waals surface area contributed by atoms with Crippen molar-refractivity contribution in [3.05, 3.63) is 71.8 Å². The predicted octanol–water partition coefficient (Wildman–Crippen LogP) is -1.60. The molecule has 0 aliphatic heterocycles. The third kappa shape index (κ3) is 27.2. The van der Waals surface area contributed by atoms with Crippen molar-refractivity contribution in [1.82, 2.24) is 53.2 Å². The van der Waals surface area contributed by atoms with Crippen molar-refractivity contribution in [2.45, 2.75) is 180 Å². The van der Waals surface area contributed by atoms with Crippen LogP contribution in [0, 0.1) is 17.8 Å². The summed E-state index contributed by atoms with van der Waals surface area (Å²) in [7, 11) is 0. The lowest BCUT2D eigenvalue weighted by Crippen LogP contribution is -2.61. The Morgan fingerprint density at radius 2 is 0.857 bits per heavy atom. The summed E-state index contributed by atoms with van der Waals surface area (Å²) in [4.78, 5) is 148. The molecule has 0 heterocycles. The lowest BCUT2D eigenvalue weighted by molar-refractivity contribution is -0.142. The standard InChI is InChI=1S/C58H93N13O13/c1-33(2)27-43(68-51(76)40(61)29-38-19-11-9-12-20-38)52(77)62-31-47(73)63-36(7)49(74)67-44(28-34(3)4)54(79)69-45(30-39-21-13-10-14-22-39)55(80)65-41(23-15-17-25-59)53(78)71-48(35(5)6)57(82)64-37(8)50(75)70-46(32-72)56(81)66-42(58(83)84)24-16-18-26-60/h9-14,19-22,33-37,40-46,48,72H,15-18,23-32,59-61H2,1-8H3,(H,62,77)(H,63,73)(H,64,82)(H,65,80)(H,66,81)(H,67,74)(H,68,76)(H,69,79)(H,70,75)(H,71,78)(H,83,84)/t36-,37-,40-,41-,42-,43-,44-,45-,46-,48-/m0/s1. The van der Waals surface area contributed by atoms with E-state index in [1.165, 1.54) is 13.8 Å². The quantitative estimate of drug-likeness (QED) is 0.0335. The van der Waals surface area contributed by atoms with Gasteiger partial charge in [0.25, 0.3) is 0 Å². The number of carbonyl (C=O) groups excluding carboxylic acids is 10. The zero-order valence-corrected chi connectivity index (χ0v) is 49.8. The smallest absolute Gasteiger partial charge is 0.326 e. The number of nitrogens with one attached hydrogen (secondary N) is 10. The van der Waals surface area contributed by atoms with Gasteiger partial charge in [0.05, 0.1) is 19.2 Å². The van der Waals surface area contributed by atoms with E-state index in [-0.39, 0.29) is 56.9 Å². The van der Waals surface area contributed by atoms with Crippen molar-refractivity contribution < 1.29 is 63.0 Å². The molecular formula is C58H93N13O13. The van der Waals surface area contributed by atoms with Crippen molar-refractivity contribution in [2.24, 2.45) is 35.0 Å². The maximum Gasteiger partial charge on any atom is 0.326 e. The number of carbonyl (C=O) groups is 11. The Morgan fingerprint density at radius 3 is 1.36 bits per heavy atom. The monoisotopic (exact) mass is 1180 g/mol. The highest BCUT2D eigenvalue weighted by Crippen LogP contribution is 2.13. The van der Waals surface area contributed by atoms with Crippen LogP contribution in [-0.4, -0.2) is 162 Å². The van der Waals surface area contributed by atoms with E-state index in [2.05, 4.69) is 53.2 Å². The van der Waals surface area contributed by atoms with Gasteiger partial charge < -0.3 is 80.6 Å². The van der Waals surface area contributed by atoms with Gasteiger partial charge in [0.1, 0.15) is 54.4 Å². The number of carboxylic acid groups (broad SMARTS) is 1. The van der Waals surface area contributed by atoms with Crippen molar-refractivity contribution in [3.8, 4) is 0 Å². The normalized spacial score (nSPS) is 14.8. The Bertz CT molecular complexity index is 2450. The number of carboxylic acids is 1. The number of rotatable bonds is 39. The van der Waals surface area contributed by atoms with Crippen LogP contribution in [-0.2, 0) is 65.6 Å². The van der Waals surface area contributed by atoms with Gasteiger partial charge in [0.15, 0.2) is 0 Å². The summed E-state index contributed by atoms with van der Waals surface area (Å²) in [5.41, 5.74) is 18.9. The summed E-state index contributed by atoms with van der Waals surface area (Å²) in [5.74, 6) is -9.81. The number of hydrogen-bond donors (Lipinski definition) is 15. The summed E-state index contributed by atoms with van der Waals surface area (Å²) in [6, 6.07) is 5.30. The number of aliphatic hydroxyl groups excluding tert-OH is 1. The second-order valence-electron chi connectivity index (χ2n) is 22.2. The van der Waals surface area contributed by atoms with Crippen LogP contribution in [0.1, 0.15) is 118 Å². The Kier molecular flexibility index (Phi) is 33.1. The summed E-state index contributed by atoms with van der Waals surface area (Å²) in [5, 5.41) is 45.1. The molecule has 0 aliphatic rings. The lowest BCUT2D eigenvalue weighted by Gasteiger charge is -2.29. The highest BCUT2D eigenvalue weighted by atomic mass is 16.4. The number of unbranched alkanes of at least 4 members (excludes halogenated alkanes) is 2. The molecule has 0 saturated carbocycles. The number of benzene rings is 2. The van der Waals surface area contributed by atoms with Crippen LogP contribution in [0.25, 0.3) is 0 Å². The molecule has 0 unspecified atom stereocenters. The summed E-state index contributed by atoms with van der Waals surface area (Å²) in [6.45, 7) is 12.4. The minimum absolute atomic E-state index is 0.0225. The van der Waals surface area contributed by atoms with E-state index in [0.717, 1.165) is 5.56 Å². The molecule has 2 aromatic carbocycles. The molecular weight excluding hydrogens is 1090 g/mol. The molecule has 0 spiro atoms. The second kappa shape index (κ2) is 38.3. The first-order chi connectivity index (χ1) is 39.7. The Hall–Kier alpha value is -7.55. The molecule has 10 amide bonds. The molecule has 0 aliphatic carbocycles. The van der Waals surface area contributed by atoms with Gasteiger partial charge in [-0.15, -0.1) is 0 Å². The van der Waals surface area contributed by atoms with E-state index < -0.39 is 145 Å². The van der Waals surface area contributed by atoms with Crippen LogP contribution in [0.2, 0.25) is 0 Å². The molecule has 0 saturated heterocycles. The molecule has 26 nitrogen and oxygen atoms in total. The van der Waals surface area contributed by atoms with Gasteiger partial charge in [-0.3, -0.25) is 47.9 Å². The zero-order valence-electron chi connectivity index (χ0n) is 49.8. The van der Waals surface area contributed by atoms with Gasteiger partial charge in [-0.2, -0.15) is 0 Å². The fraction of sp³-hybridized carbons (Fsp3) is 0.603. The van der Waals surface area contributed by atoms with Gasteiger partial charge in [0, 0.05) is 6.42 Å². The van der Waals surface area contributed by atoms with Gasteiger partial charge in [-0.05, 0) is 114 Å². The first kappa shape index (κ1) is 72.6. The third-order valence-corrected chi connectivity index (χ3v) is 13.4. The van der Waals surface area contributed by atoms with Crippen molar-refractivity contribution in [3.63, 3.8) is 0 Å². The lowest BCUT2D eigenvalue weighted by atomic mass is 9.99. The van der Waals surface area contributed by atoms with Gasteiger partial charge in [-0.1, -0.05) is 102 Å². The Labute approximate surface area is 492 Å². The van der Waals surface area contributed by atoms with Crippen LogP contribution < -0.4 is 70.4 Å². The van der Waals surface area contributed by atoms with Gasteiger partial charge in [0.2, 0.25) is 59.1 Å². The first-order valence-corrected chi connectivity index (χ1v) is 28.8. The minimum atomic E-state index is -1.57. The topological polar surface area (TPSA) is 427 Å². The van der Waals surface area contributed by atoms with Crippen LogP contribution >= 0.6 is 0 Å². The fourth-order valence-corrected chi connectivity index (χ4v) is 8.63. The molecule has 84 heavy (non-hydrogen) atoms. The molecule has 2 aromatic rings. The first-order valence-electron chi connectivity index (χ1n) is 28.8. The maximum absolute atomic E-state index is 14.4. The number of aliphatic carboxylic acids is 1. The number of aliphatic hydroxyl groups is 1. The molecule has 0 fully saturated rings. The van der Waals surface area contributed by atoms with Crippen molar-refractivity contribution in [2.75, 3.05) is 26.2 Å². The van der Waals surface area contributed by atoms with E-state index in [1.54, 1.807) is 44.2 Å². The van der Waals surface area contributed by atoms with Crippen LogP contribution in [0.4, 0.5) is 0 Å². The average molecular weight is 1180 g/mol. The third-order valence-electron chi connectivity index (χ3n) is 13.4. The van der Waals surface area contributed by atoms with Gasteiger partial charge >= 0.3 is 5.97 Å². The van der Waals surface area contributed by atoms with Gasteiger partial charge in [-0.25, -0.2) is 4.79 Å². The van der Waals surface area contributed by atoms with E-state index in [9.17, 15) is 63.0 Å². The molecule has 26 heteroatoms. The Balaban J connectivity index is 2.24. The minimum Gasteiger partial charge on any atom is -0.480 e. The Morgan fingerprint density at radius 1 is 0.440 bits per heavy atom. The molecule has 0 radical (unpaired) electrons. The SMILES string of the molecule is CC(C)C[C@H](NC(=O)[C@H](C)NC(=O)CNC(=O)[C@H](CC(C)C)NC(=O)[C@@H](N)Cc1ccccc1)C(=O)N[C@@H](Cc1ccccc1)C(=O)N[C@@H](CCCCN)C(=O)N[C@H](C(=O)N[C@@H](C)C(=O)N[C@@H](CO)C(=O)N[C@@H](CCCCN)C(=O)O)C(C)C.